The molecule has 1 fully saturated rings. The summed E-state index contributed by atoms with van der Waals surface area (Å²) >= 11 is 0. The van der Waals surface area contributed by atoms with E-state index in [-0.39, 0.29) is 11.9 Å². The zero-order valence-electron chi connectivity index (χ0n) is 4.81. The fourth-order valence-electron chi connectivity index (χ4n) is 0.881. The monoisotopic (exact) mass is 112 g/mol. The van der Waals surface area contributed by atoms with Gasteiger partial charge in [-0.05, 0) is 19.8 Å². The number of hydrogen-bond acceptors (Lipinski definition) is 1. The summed E-state index contributed by atoms with van der Waals surface area (Å²) in [5.74, 6) is 0.149. The van der Waals surface area contributed by atoms with Crippen LogP contribution < -0.4 is 5.32 Å². The van der Waals surface area contributed by atoms with Crippen LogP contribution in [0.3, 0.4) is 0 Å². The molecular weight excluding hydrogens is 102 g/mol. The number of nitrogens with one attached hydrogen (secondary N) is 1. The van der Waals surface area contributed by atoms with E-state index in [1.165, 1.54) is 0 Å². The Kier molecular flexibility index (Phi) is 1.51. The maximum Gasteiger partial charge on any atom is 0.220 e. The maximum absolute atomic E-state index is 10.5. The van der Waals surface area contributed by atoms with Gasteiger partial charge in [-0.25, -0.2) is 0 Å². The molecule has 2 heteroatoms. The number of hydrogen-bond donors (Lipinski definition) is 1. The van der Waals surface area contributed by atoms with Gasteiger partial charge in [-0.1, -0.05) is 0 Å². The molecule has 1 heterocycles. The fraction of sp³-hybridized carbons (Fsp3) is 0.667. The van der Waals surface area contributed by atoms with Gasteiger partial charge in [-0.2, -0.15) is 0 Å². The third-order valence-corrected chi connectivity index (χ3v) is 1.32. The lowest BCUT2D eigenvalue weighted by Gasteiger charge is -2.17. The average Bonchev–Trinajstić information content (AvgIpc) is 1.64. The maximum atomic E-state index is 10.5. The minimum Gasteiger partial charge on any atom is -0.353 e. The van der Waals surface area contributed by atoms with E-state index in [1.54, 1.807) is 0 Å². The van der Waals surface area contributed by atoms with Crippen LogP contribution in [0.4, 0.5) is 0 Å². The lowest BCUT2D eigenvalue weighted by Crippen LogP contribution is -2.36. The van der Waals surface area contributed by atoms with Crippen LogP contribution in [0.5, 0.6) is 0 Å². The number of piperidine rings is 1. The summed E-state index contributed by atoms with van der Waals surface area (Å²) in [7, 11) is 0. The minimum atomic E-state index is 0.149. The van der Waals surface area contributed by atoms with Crippen LogP contribution in [-0.4, -0.2) is 11.9 Å². The van der Waals surface area contributed by atoms with E-state index in [0.717, 1.165) is 12.8 Å². The van der Waals surface area contributed by atoms with Crippen molar-refractivity contribution in [2.24, 2.45) is 0 Å². The van der Waals surface area contributed by atoms with Crippen molar-refractivity contribution < 1.29 is 4.79 Å². The van der Waals surface area contributed by atoms with Crippen molar-refractivity contribution in [3.63, 3.8) is 0 Å². The molecule has 0 spiro atoms. The van der Waals surface area contributed by atoms with Gasteiger partial charge in [-0.3, -0.25) is 4.79 Å². The molecule has 0 saturated carbocycles. The van der Waals surface area contributed by atoms with Gasteiger partial charge in [0.05, 0.1) is 0 Å². The zero-order valence-corrected chi connectivity index (χ0v) is 4.81. The van der Waals surface area contributed by atoms with Crippen molar-refractivity contribution in [2.45, 2.75) is 25.3 Å². The summed E-state index contributed by atoms with van der Waals surface area (Å²) in [5.41, 5.74) is 0. The molecule has 2 nitrogen and oxygen atoms in total. The first-order valence-electron chi connectivity index (χ1n) is 2.91. The molecule has 1 amide bonds. The Morgan fingerprint density at radius 2 is 2.50 bits per heavy atom. The molecule has 1 aliphatic heterocycles. The quantitative estimate of drug-likeness (QED) is 0.485. The van der Waals surface area contributed by atoms with Gasteiger partial charge in [0.25, 0.3) is 0 Å². The van der Waals surface area contributed by atoms with E-state index < -0.39 is 0 Å². The molecule has 8 heavy (non-hydrogen) atoms. The van der Waals surface area contributed by atoms with Gasteiger partial charge in [0.15, 0.2) is 0 Å². The molecule has 45 valence electrons. The van der Waals surface area contributed by atoms with Gasteiger partial charge >= 0.3 is 0 Å². The van der Waals surface area contributed by atoms with Gasteiger partial charge in [-0.15, -0.1) is 0 Å². The van der Waals surface area contributed by atoms with Gasteiger partial charge in [0, 0.05) is 12.5 Å². The van der Waals surface area contributed by atoms with Gasteiger partial charge in [0.2, 0.25) is 5.91 Å². The normalized spacial score (nSPS) is 29.6. The number of carbonyl (C=O) groups excluding carboxylic acids is 1. The Hall–Kier alpha value is -0.530. The molecule has 1 N–H and O–H groups in total. The molecule has 0 aliphatic carbocycles. The van der Waals surface area contributed by atoms with E-state index in [9.17, 15) is 4.79 Å². The fourth-order valence-corrected chi connectivity index (χ4v) is 0.881. The Balaban J connectivity index is 2.34. The van der Waals surface area contributed by atoms with Crippen molar-refractivity contribution in [1.82, 2.24) is 5.32 Å². The van der Waals surface area contributed by atoms with E-state index in [4.69, 9.17) is 0 Å². The largest absolute Gasteiger partial charge is 0.353 e. The predicted molar refractivity (Wildman–Crippen MR) is 31.1 cm³/mol. The highest BCUT2D eigenvalue weighted by atomic mass is 16.1. The summed E-state index contributed by atoms with van der Waals surface area (Å²) in [6.07, 6.45) is 2.72. The predicted octanol–water partition coefficient (Wildman–Crippen LogP) is 0.489. The summed E-state index contributed by atoms with van der Waals surface area (Å²) in [4.78, 5) is 10.5. The van der Waals surface area contributed by atoms with Crippen LogP contribution in [0, 0.1) is 6.92 Å². The number of amides is 1. The van der Waals surface area contributed by atoms with E-state index in [1.807, 2.05) is 0 Å². The molecule has 0 aromatic carbocycles. The molecular formula is C6H10NO. The third-order valence-electron chi connectivity index (χ3n) is 1.32. The van der Waals surface area contributed by atoms with Crippen molar-refractivity contribution >= 4 is 5.91 Å². The highest BCUT2D eigenvalue weighted by molar-refractivity contribution is 5.76. The lowest BCUT2D eigenvalue weighted by atomic mass is 10.1. The molecule has 0 aromatic heterocycles. The van der Waals surface area contributed by atoms with Crippen LogP contribution in [0.25, 0.3) is 0 Å². The number of carbonyl (C=O) groups is 1. The van der Waals surface area contributed by atoms with Crippen LogP contribution in [-0.2, 0) is 4.79 Å². The van der Waals surface area contributed by atoms with Gasteiger partial charge in [0.1, 0.15) is 0 Å². The molecule has 1 aliphatic rings. The van der Waals surface area contributed by atoms with Crippen LogP contribution in [0.1, 0.15) is 19.3 Å². The first-order valence-corrected chi connectivity index (χ1v) is 2.91. The van der Waals surface area contributed by atoms with Crippen molar-refractivity contribution in [2.75, 3.05) is 0 Å². The molecule has 1 rings (SSSR count). The average molecular weight is 112 g/mol. The summed E-state index contributed by atoms with van der Waals surface area (Å²) in [6, 6.07) is 0.163. The Labute approximate surface area is 49.3 Å². The molecule has 0 bridgehead atoms. The molecule has 1 radical (unpaired) electrons. The number of rotatable bonds is 0. The van der Waals surface area contributed by atoms with Crippen molar-refractivity contribution in [3.05, 3.63) is 6.92 Å². The summed E-state index contributed by atoms with van der Waals surface area (Å²) in [5, 5.41) is 2.73. The van der Waals surface area contributed by atoms with Gasteiger partial charge < -0.3 is 5.32 Å². The SMILES string of the molecule is [CH2]C1CCCC(=O)N1. The molecule has 1 saturated heterocycles. The second kappa shape index (κ2) is 2.16. The zero-order chi connectivity index (χ0) is 5.98. The van der Waals surface area contributed by atoms with Crippen molar-refractivity contribution in [3.8, 4) is 0 Å². The van der Waals surface area contributed by atoms with E-state index in [2.05, 4.69) is 12.2 Å². The second-order valence-electron chi connectivity index (χ2n) is 2.16. The smallest absolute Gasteiger partial charge is 0.220 e. The Morgan fingerprint density at radius 3 is 2.88 bits per heavy atom. The summed E-state index contributed by atoms with van der Waals surface area (Å²) < 4.78 is 0. The first-order chi connectivity index (χ1) is 3.79. The van der Waals surface area contributed by atoms with Crippen molar-refractivity contribution in [1.29, 1.82) is 0 Å². The molecule has 0 aromatic rings. The third kappa shape index (κ3) is 1.22. The molecule has 1 unspecified atom stereocenters. The van der Waals surface area contributed by atoms with Crippen LogP contribution in [0.15, 0.2) is 0 Å². The second-order valence-corrected chi connectivity index (χ2v) is 2.16. The minimum absolute atomic E-state index is 0.149. The Morgan fingerprint density at radius 1 is 1.75 bits per heavy atom. The molecule has 1 atom stereocenters. The lowest BCUT2D eigenvalue weighted by molar-refractivity contribution is -0.122. The first kappa shape index (κ1) is 5.60. The highest BCUT2D eigenvalue weighted by Crippen LogP contribution is 2.05. The topological polar surface area (TPSA) is 29.1 Å². The Bertz CT molecular complexity index is 101. The standard InChI is InChI=1S/C6H10NO/c1-5-3-2-4-6(8)7-5/h5H,1-4H2,(H,7,8). The van der Waals surface area contributed by atoms with Crippen LogP contribution >= 0.6 is 0 Å². The van der Waals surface area contributed by atoms with Crippen LogP contribution in [0.2, 0.25) is 0 Å². The summed E-state index contributed by atoms with van der Waals surface area (Å²) in [6.45, 7) is 3.72. The highest BCUT2D eigenvalue weighted by Gasteiger charge is 2.12. The van der Waals surface area contributed by atoms with E-state index in [0.29, 0.717) is 6.42 Å². The van der Waals surface area contributed by atoms with E-state index >= 15 is 0 Å².